The first-order chi connectivity index (χ1) is 10.1. The molecule has 1 saturated heterocycles. The van der Waals surface area contributed by atoms with E-state index in [-0.39, 0.29) is 19.0 Å². The van der Waals surface area contributed by atoms with Crippen LogP contribution < -0.4 is 10.6 Å². The highest BCUT2D eigenvalue weighted by Gasteiger charge is 2.34. The molecule has 2 amide bonds. The van der Waals surface area contributed by atoms with E-state index in [1.807, 2.05) is 0 Å². The third-order valence-electron chi connectivity index (χ3n) is 3.30. The number of amides is 2. The lowest BCUT2D eigenvalue weighted by atomic mass is 10.0. The molecule has 0 aliphatic carbocycles. The highest BCUT2D eigenvalue weighted by Crippen LogP contribution is 2.13. The van der Waals surface area contributed by atoms with E-state index in [9.17, 15) is 14.0 Å². The number of rotatable bonds is 5. The minimum absolute atomic E-state index is 0.101. The number of hydrogen-bond acceptors (Lipinski definition) is 3. The van der Waals surface area contributed by atoms with Crippen LogP contribution in [-0.2, 0) is 16.0 Å². The molecule has 2 unspecified atom stereocenters. The molecule has 1 fully saturated rings. The second-order valence-corrected chi connectivity index (χ2v) is 4.87. The Bertz CT molecular complexity index is 523. The molecule has 0 bridgehead atoms. The molecular formula is C14H17FN2O4. The zero-order valence-corrected chi connectivity index (χ0v) is 11.3. The summed E-state index contributed by atoms with van der Waals surface area (Å²) in [5.41, 5.74) is 0.780. The molecule has 21 heavy (non-hydrogen) atoms. The molecule has 2 atom stereocenters. The van der Waals surface area contributed by atoms with Gasteiger partial charge in [-0.2, -0.15) is 0 Å². The summed E-state index contributed by atoms with van der Waals surface area (Å²) in [6.07, 6.45) is 0.495. The normalized spacial score (nSPS) is 21.0. The Hall–Kier alpha value is -2.15. The molecule has 2 rings (SSSR count). The van der Waals surface area contributed by atoms with Gasteiger partial charge in [0.15, 0.2) is 0 Å². The van der Waals surface area contributed by atoms with Gasteiger partial charge in [-0.3, -0.25) is 4.79 Å². The number of carboxylic acid groups (broad SMARTS) is 1. The van der Waals surface area contributed by atoms with Crippen molar-refractivity contribution in [2.75, 3.05) is 19.8 Å². The smallest absolute Gasteiger partial charge is 0.315 e. The van der Waals surface area contributed by atoms with Crippen molar-refractivity contribution in [3.8, 4) is 0 Å². The molecule has 1 heterocycles. The number of aliphatic carboxylic acids is 1. The van der Waals surface area contributed by atoms with Gasteiger partial charge in [0.1, 0.15) is 11.7 Å². The van der Waals surface area contributed by atoms with Crippen molar-refractivity contribution in [2.45, 2.75) is 12.5 Å². The fourth-order valence-corrected chi connectivity index (χ4v) is 2.17. The predicted molar refractivity (Wildman–Crippen MR) is 72.4 cm³/mol. The van der Waals surface area contributed by atoms with Crippen LogP contribution in [0.5, 0.6) is 0 Å². The third-order valence-corrected chi connectivity index (χ3v) is 3.30. The number of carboxylic acids is 1. The highest BCUT2D eigenvalue weighted by atomic mass is 19.1. The maximum Gasteiger partial charge on any atom is 0.315 e. The fourth-order valence-electron chi connectivity index (χ4n) is 2.17. The van der Waals surface area contributed by atoms with Gasteiger partial charge < -0.3 is 20.5 Å². The second-order valence-electron chi connectivity index (χ2n) is 4.87. The molecule has 1 aromatic rings. The van der Waals surface area contributed by atoms with Crippen LogP contribution >= 0.6 is 0 Å². The van der Waals surface area contributed by atoms with E-state index in [1.165, 1.54) is 12.1 Å². The van der Waals surface area contributed by atoms with Crippen LogP contribution in [0.15, 0.2) is 24.3 Å². The molecule has 0 saturated carbocycles. The van der Waals surface area contributed by atoms with Crippen LogP contribution in [0.3, 0.4) is 0 Å². The summed E-state index contributed by atoms with van der Waals surface area (Å²) >= 11 is 0. The summed E-state index contributed by atoms with van der Waals surface area (Å²) in [5.74, 6) is -2.03. The van der Waals surface area contributed by atoms with Gasteiger partial charge in [-0.1, -0.05) is 12.1 Å². The lowest BCUT2D eigenvalue weighted by Gasteiger charge is -2.16. The summed E-state index contributed by atoms with van der Waals surface area (Å²) in [4.78, 5) is 22.6. The summed E-state index contributed by atoms with van der Waals surface area (Å²) in [6, 6.07) is 5.16. The minimum atomic E-state index is -0.988. The van der Waals surface area contributed by atoms with Crippen LogP contribution in [-0.4, -0.2) is 42.9 Å². The molecule has 1 aliphatic rings. The van der Waals surface area contributed by atoms with E-state index in [0.29, 0.717) is 13.0 Å². The molecule has 1 aliphatic heterocycles. The number of carbonyl (C=O) groups is 2. The largest absolute Gasteiger partial charge is 0.481 e. The Balaban J connectivity index is 1.74. The average molecular weight is 296 g/mol. The highest BCUT2D eigenvalue weighted by molar-refractivity contribution is 5.77. The van der Waals surface area contributed by atoms with E-state index in [2.05, 4.69) is 10.6 Å². The number of nitrogens with one attached hydrogen (secondary N) is 2. The van der Waals surface area contributed by atoms with Crippen LogP contribution in [0.25, 0.3) is 0 Å². The lowest BCUT2D eigenvalue weighted by Crippen LogP contribution is -2.47. The predicted octanol–water partition coefficient (Wildman–Crippen LogP) is 0.767. The van der Waals surface area contributed by atoms with E-state index in [0.717, 1.165) is 5.56 Å². The summed E-state index contributed by atoms with van der Waals surface area (Å²) in [5, 5.41) is 14.2. The summed E-state index contributed by atoms with van der Waals surface area (Å²) in [6.45, 7) is 0.623. The Morgan fingerprint density at radius 3 is 2.90 bits per heavy atom. The molecule has 3 N–H and O–H groups in total. The van der Waals surface area contributed by atoms with Gasteiger partial charge in [0.05, 0.1) is 19.3 Å². The van der Waals surface area contributed by atoms with Gasteiger partial charge in [-0.05, 0) is 24.1 Å². The van der Waals surface area contributed by atoms with E-state index in [4.69, 9.17) is 9.84 Å². The van der Waals surface area contributed by atoms with E-state index in [1.54, 1.807) is 12.1 Å². The summed E-state index contributed by atoms with van der Waals surface area (Å²) in [7, 11) is 0. The number of carbonyl (C=O) groups excluding carboxylic acids is 1. The zero-order valence-electron chi connectivity index (χ0n) is 11.3. The topological polar surface area (TPSA) is 87.7 Å². The number of benzene rings is 1. The van der Waals surface area contributed by atoms with Crippen LogP contribution in [0.1, 0.15) is 5.56 Å². The minimum Gasteiger partial charge on any atom is -0.481 e. The SMILES string of the molecule is O=C(NCCc1cccc(F)c1)NC1COCC1C(=O)O. The Morgan fingerprint density at radius 1 is 1.38 bits per heavy atom. The van der Waals surface area contributed by atoms with Crippen molar-refractivity contribution in [1.29, 1.82) is 0 Å². The number of ether oxygens (including phenoxy) is 1. The first kappa shape index (κ1) is 15.2. The summed E-state index contributed by atoms with van der Waals surface area (Å²) < 4.78 is 18.0. The number of hydrogen-bond donors (Lipinski definition) is 3. The first-order valence-corrected chi connectivity index (χ1v) is 6.65. The molecule has 7 heteroatoms. The third kappa shape index (κ3) is 4.42. The standard InChI is InChI=1S/C14H17FN2O4/c15-10-3-1-2-9(6-10)4-5-16-14(20)17-12-8-21-7-11(12)13(18)19/h1-3,6,11-12H,4-5,7-8H2,(H,18,19)(H2,16,17,20). The Kier molecular flexibility index (Phi) is 5.10. The number of halogens is 1. The van der Waals surface area contributed by atoms with E-state index < -0.39 is 24.0 Å². The van der Waals surface area contributed by atoms with Crippen molar-refractivity contribution in [2.24, 2.45) is 5.92 Å². The Labute approximate surface area is 121 Å². The van der Waals surface area contributed by atoms with Gasteiger partial charge in [-0.25, -0.2) is 9.18 Å². The van der Waals surface area contributed by atoms with Crippen molar-refractivity contribution < 1.29 is 23.8 Å². The van der Waals surface area contributed by atoms with Crippen LogP contribution in [0, 0.1) is 11.7 Å². The van der Waals surface area contributed by atoms with Gasteiger partial charge in [0.25, 0.3) is 0 Å². The van der Waals surface area contributed by atoms with Crippen LogP contribution in [0.2, 0.25) is 0 Å². The maximum atomic E-state index is 13.0. The fraction of sp³-hybridized carbons (Fsp3) is 0.429. The molecule has 0 spiro atoms. The molecule has 6 nitrogen and oxygen atoms in total. The first-order valence-electron chi connectivity index (χ1n) is 6.65. The maximum absolute atomic E-state index is 13.0. The lowest BCUT2D eigenvalue weighted by molar-refractivity contribution is -0.142. The van der Waals surface area contributed by atoms with Crippen molar-refractivity contribution >= 4 is 12.0 Å². The van der Waals surface area contributed by atoms with E-state index >= 15 is 0 Å². The average Bonchev–Trinajstić information content (AvgIpc) is 2.87. The molecule has 114 valence electrons. The molecular weight excluding hydrogens is 279 g/mol. The van der Waals surface area contributed by atoms with Crippen LogP contribution in [0.4, 0.5) is 9.18 Å². The van der Waals surface area contributed by atoms with Gasteiger partial charge >= 0.3 is 12.0 Å². The van der Waals surface area contributed by atoms with Crippen molar-refractivity contribution in [1.82, 2.24) is 10.6 Å². The van der Waals surface area contributed by atoms with Gasteiger partial charge in [0.2, 0.25) is 0 Å². The second kappa shape index (κ2) is 7.03. The molecule has 0 radical (unpaired) electrons. The molecule has 0 aromatic heterocycles. The van der Waals surface area contributed by atoms with Crippen molar-refractivity contribution in [3.63, 3.8) is 0 Å². The molecule has 1 aromatic carbocycles. The zero-order chi connectivity index (χ0) is 15.2. The number of urea groups is 1. The quantitative estimate of drug-likeness (QED) is 0.749. The Morgan fingerprint density at radius 2 is 2.19 bits per heavy atom. The van der Waals surface area contributed by atoms with Gasteiger partial charge in [-0.15, -0.1) is 0 Å². The van der Waals surface area contributed by atoms with Gasteiger partial charge in [0, 0.05) is 6.54 Å². The monoisotopic (exact) mass is 296 g/mol. The van der Waals surface area contributed by atoms with Crippen molar-refractivity contribution in [3.05, 3.63) is 35.6 Å².